The van der Waals surface area contributed by atoms with Gasteiger partial charge in [-0.2, -0.15) is 0 Å². The van der Waals surface area contributed by atoms with Gasteiger partial charge in [0.2, 0.25) is 5.89 Å². The number of nitrogens with one attached hydrogen (secondary N) is 1. The lowest BCUT2D eigenvalue weighted by Crippen LogP contribution is -2.30. The maximum atomic E-state index is 12.4. The summed E-state index contributed by atoms with van der Waals surface area (Å²) in [6.07, 6.45) is 0.814. The highest BCUT2D eigenvalue weighted by atomic mass is 35.5. The van der Waals surface area contributed by atoms with Crippen LogP contribution in [0.2, 0.25) is 5.02 Å². The van der Waals surface area contributed by atoms with Gasteiger partial charge in [0.05, 0.1) is 11.3 Å². The van der Waals surface area contributed by atoms with Crippen LogP contribution >= 0.6 is 11.6 Å². The van der Waals surface area contributed by atoms with E-state index in [0.29, 0.717) is 39.6 Å². The van der Waals surface area contributed by atoms with E-state index in [1.54, 1.807) is 67.6 Å². The Labute approximate surface area is 171 Å². The average molecular weight is 410 g/mol. The number of furan rings is 1. The minimum absolute atomic E-state index is 0.296. The van der Waals surface area contributed by atoms with Gasteiger partial charge < -0.3 is 18.9 Å². The fourth-order valence-electron chi connectivity index (χ4n) is 2.56. The van der Waals surface area contributed by atoms with Gasteiger partial charge in [0.15, 0.2) is 11.9 Å². The third-order valence-corrected chi connectivity index (χ3v) is 4.38. The molecule has 0 fully saturated rings. The maximum Gasteiger partial charge on any atom is 0.283 e. The van der Waals surface area contributed by atoms with E-state index in [4.69, 9.17) is 25.2 Å². The Bertz CT molecular complexity index is 1110. The second-order valence-electron chi connectivity index (χ2n) is 6.15. The zero-order valence-corrected chi connectivity index (χ0v) is 16.1. The fraction of sp³-hybridized carbons (Fsp3) is 0.0952. The topological polar surface area (TPSA) is 90.4 Å². The number of hydrogen-bond acceptors (Lipinski definition) is 6. The van der Waals surface area contributed by atoms with Gasteiger partial charge in [-0.05, 0) is 55.5 Å². The van der Waals surface area contributed by atoms with Crippen LogP contribution in [0.15, 0.2) is 75.8 Å². The molecule has 0 saturated heterocycles. The number of carbonyl (C=O) groups is 1. The Hall–Kier alpha value is -3.58. The molecule has 0 spiro atoms. The van der Waals surface area contributed by atoms with Crippen molar-refractivity contribution in [3.63, 3.8) is 0 Å². The van der Waals surface area contributed by atoms with Crippen molar-refractivity contribution in [3.8, 4) is 28.9 Å². The highest BCUT2D eigenvalue weighted by Crippen LogP contribution is 2.26. The van der Waals surface area contributed by atoms with E-state index >= 15 is 0 Å². The molecule has 0 aliphatic heterocycles. The monoisotopic (exact) mass is 409 g/mol. The zero-order valence-electron chi connectivity index (χ0n) is 15.3. The molecule has 1 N–H and O–H groups in total. The van der Waals surface area contributed by atoms with Gasteiger partial charge >= 0.3 is 0 Å². The van der Waals surface area contributed by atoms with Crippen molar-refractivity contribution in [2.24, 2.45) is 0 Å². The number of ether oxygens (including phenoxy) is 1. The summed E-state index contributed by atoms with van der Waals surface area (Å²) in [5, 5.41) is 11.2. The number of benzene rings is 2. The minimum Gasteiger partial charge on any atom is -0.479 e. The number of rotatable bonds is 6. The molecule has 29 heavy (non-hydrogen) atoms. The molecular weight excluding hydrogens is 394 g/mol. The Balaban J connectivity index is 1.40. The van der Waals surface area contributed by atoms with E-state index < -0.39 is 6.10 Å². The predicted molar refractivity (Wildman–Crippen MR) is 108 cm³/mol. The van der Waals surface area contributed by atoms with Crippen molar-refractivity contribution in [1.82, 2.24) is 10.2 Å². The molecular formula is C21H16ClN3O4. The first-order chi connectivity index (χ1) is 14.1. The van der Waals surface area contributed by atoms with Crippen LogP contribution in [0.1, 0.15) is 6.92 Å². The molecule has 1 unspecified atom stereocenters. The molecule has 2 heterocycles. The van der Waals surface area contributed by atoms with Gasteiger partial charge in [-0.1, -0.05) is 23.7 Å². The van der Waals surface area contributed by atoms with Crippen LogP contribution in [0.3, 0.4) is 0 Å². The molecule has 2 aromatic heterocycles. The zero-order chi connectivity index (χ0) is 20.2. The number of anilines is 1. The van der Waals surface area contributed by atoms with E-state index in [1.165, 1.54) is 6.26 Å². The second-order valence-corrected chi connectivity index (χ2v) is 6.55. The van der Waals surface area contributed by atoms with E-state index in [2.05, 4.69) is 15.5 Å². The molecule has 1 atom stereocenters. The quantitative estimate of drug-likeness (QED) is 0.479. The Morgan fingerprint density at radius 2 is 1.79 bits per heavy atom. The van der Waals surface area contributed by atoms with E-state index in [1.807, 2.05) is 0 Å². The molecule has 0 aliphatic rings. The van der Waals surface area contributed by atoms with Gasteiger partial charge in [0.25, 0.3) is 11.8 Å². The van der Waals surface area contributed by atoms with Crippen LogP contribution in [-0.2, 0) is 4.79 Å². The number of para-hydroxylation sites is 1. The summed E-state index contributed by atoms with van der Waals surface area (Å²) in [6, 6.07) is 17.5. The third kappa shape index (κ3) is 4.30. The van der Waals surface area contributed by atoms with Crippen LogP contribution in [0, 0.1) is 0 Å². The van der Waals surface area contributed by atoms with Crippen LogP contribution < -0.4 is 10.1 Å². The van der Waals surface area contributed by atoms with E-state index in [-0.39, 0.29) is 5.91 Å². The molecule has 7 nitrogen and oxygen atoms in total. The summed E-state index contributed by atoms with van der Waals surface area (Å²) in [6.45, 7) is 1.65. The highest BCUT2D eigenvalue weighted by Gasteiger charge is 2.17. The van der Waals surface area contributed by atoms with Crippen molar-refractivity contribution < 1.29 is 18.4 Å². The first-order valence-corrected chi connectivity index (χ1v) is 9.18. The summed E-state index contributed by atoms with van der Waals surface area (Å²) in [4.78, 5) is 12.4. The lowest BCUT2D eigenvalue weighted by molar-refractivity contribution is -0.122. The number of hydrogen-bond donors (Lipinski definition) is 1. The Morgan fingerprint density at radius 3 is 2.52 bits per heavy atom. The number of nitrogens with zero attached hydrogens (tertiary/aromatic N) is 2. The molecule has 0 aliphatic carbocycles. The molecule has 4 rings (SSSR count). The summed E-state index contributed by atoms with van der Waals surface area (Å²) in [5.41, 5.74) is 1.33. The van der Waals surface area contributed by atoms with Gasteiger partial charge in [0.1, 0.15) is 5.75 Å². The van der Waals surface area contributed by atoms with E-state index in [9.17, 15) is 4.79 Å². The standard InChI is InChI=1S/C21H16ClN3O4/c1-13(28-17-6-3-2-5-16(17)22)19(26)23-15-10-8-14(9-11-15)20-24-25-21(29-20)18-7-4-12-27-18/h2-13H,1H3,(H,23,26). The maximum absolute atomic E-state index is 12.4. The summed E-state index contributed by atoms with van der Waals surface area (Å²) >= 11 is 6.06. The van der Waals surface area contributed by atoms with Crippen molar-refractivity contribution in [1.29, 1.82) is 0 Å². The lowest BCUT2D eigenvalue weighted by atomic mass is 10.2. The lowest BCUT2D eigenvalue weighted by Gasteiger charge is -2.15. The number of amides is 1. The predicted octanol–water partition coefficient (Wildman–Crippen LogP) is 5.06. The highest BCUT2D eigenvalue weighted by molar-refractivity contribution is 6.32. The van der Waals surface area contributed by atoms with Crippen LogP contribution in [0.4, 0.5) is 5.69 Å². The second kappa shape index (κ2) is 8.20. The van der Waals surface area contributed by atoms with Crippen molar-refractivity contribution in [2.75, 3.05) is 5.32 Å². The largest absolute Gasteiger partial charge is 0.479 e. The molecule has 4 aromatic rings. The number of aromatic nitrogens is 2. The molecule has 2 aromatic carbocycles. The van der Waals surface area contributed by atoms with E-state index in [0.717, 1.165) is 0 Å². The number of carbonyl (C=O) groups excluding carboxylic acids is 1. The number of halogens is 1. The molecule has 8 heteroatoms. The first kappa shape index (κ1) is 18.8. The Morgan fingerprint density at radius 1 is 1.03 bits per heavy atom. The third-order valence-electron chi connectivity index (χ3n) is 4.07. The van der Waals surface area contributed by atoms with Gasteiger partial charge in [-0.25, -0.2) is 0 Å². The normalized spacial score (nSPS) is 11.8. The molecule has 0 saturated carbocycles. The smallest absolute Gasteiger partial charge is 0.283 e. The molecule has 0 radical (unpaired) electrons. The minimum atomic E-state index is -0.721. The molecule has 0 bridgehead atoms. The van der Waals surface area contributed by atoms with Gasteiger partial charge in [0, 0.05) is 11.3 Å². The van der Waals surface area contributed by atoms with Crippen LogP contribution in [0.5, 0.6) is 5.75 Å². The average Bonchev–Trinajstić information content (AvgIpc) is 3.42. The first-order valence-electron chi connectivity index (χ1n) is 8.80. The van der Waals surface area contributed by atoms with Crippen molar-refractivity contribution in [3.05, 3.63) is 71.9 Å². The fourth-order valence-corrected chi connectivity index (χ4v) is 2.74. The molecule has 146 valence electrons. The van der Waals surface area contributed by atoms with Gasteiger partial charge in [-0.15, -0.1) is 10.2 Å². The summed E-state index contributed by atoms with van der Waals surface area (Å²) in [7, 11) is 0. The van der Waals surface area contributed by atoms with Crippen LogP contribution in [-0.4, -0.2) is 22.2 Å². The molecule has 1 amide bonds. The van der Waals surface area contributed by atoms with Gasteiger partial charge in [-0.3, -0.25) is 4.79 Å². The summed E-state index contributed by atoms with van der Waals surface area (Å²) < 4.78 is 16.5. The summed E-state index contributed by atoms with van der Waals surface area (Å²) in [5.74, 6) is 1.31. The van der Waals surface area contributed by atoms with Crippen LogP contribution in [0.25, 0.3) is 23.1 Å². The van der Waals surface area contributed by atoms with Crippen molar-refractivity contribution >= 4 is 23.2 Å². The van der Waals surface area contributed by atoms with Crippen molar-refractivity contribution in [2.45, 2.75) is 13.0 Å². The Kier molecular flexibility index (Phi) is 5.31. The SMILES string of the molecule is CC(Oc1ccccc1Cl)C(=O)Nc1ccc(-c2nnc(-c3ccco3)o2)cc1.